The zero-order valence-corrected chi connectivity index (χ0v) is 19.3. The van der Waals surface area contributed by atoms with E-state index < -0.39 is 29.6 Å². The maximum absolute atomic E-state index is 13.6. The van der Waals surface area contributed by atoms with Gasteiger partial charge in [-0.05, 0) is 54.6 Å². The number of hydrazone groups is 1. The van der Waals surface area contributed by atoms with E-state index in [9.17, 15) is 14.4 Å². The van der Waals surface area contributed by atoms with E-state index in [4.69, 9.17) is 27.9 Å². The lowest BCUT2D eigenvalue weighted by molar-refractivity contribution is -0.121. The number of rotatable bonds is 5. The van der Waals surface area contributed by atoms with Crippen LogP contribution in [-0.4, -0.2) is 36.5 Å². The Labute approximate surface area is 205 Å². The Balaban J connectivity index is 1.61. The topological polar surface area (TPSA) is 79.3 Å². The normalized spacial score (nSPS) is 19.3. The minimum Gasteiger partial charge on any atom is -0.497 e. The van der Waals surface area contributed by atoms with Crippen LogP contribution in [-0.2, 0) is 9.59 Å². The summed E-state index contributed by atoms with van der Waals surface area (Å²) in [6.07, 6.45) is 0. The van der Waals surface area contributed by atoms with Crippen LogP contribution >= 0.6 is 23.2 Å². The van der Waals surface area contributed by atoms with Crippen molar-refractivity contribution in [1.29, 1.82) is 0 Å². The molecule has 3 aromatic rings. The van der Waals surface area contributed by atoms with Crippen LogP contribution in [0.3, 0.4) is 0 Å². The van der Waals surface area contributed by atoms with Gasteiger partial charge in [0.15, 0.2) is 0 Å². The molecule has 9 heteroatoms. The van der Waals surface area contributed by atoms with Crippen molar-refractivity contribution >= 4 is 57.9 Å². The van der Waals surface area contributed by atoms with Crippen molar-refractivity contribution in [2.45, 2.75) is 6.04 Å². The number of amides is 2. The van der Waals surface area contributed by atoms with Crippen LogP contribution in [0.1, 0.15) is 10.4 Å². The zero-order chi connectivity index (χ0) is 24.0. The summed E-state index contributed by atoms with van der Waals surface area (Å²) in [6.45, 7) is 0. The fourth-order valence-electron chi connectivity index (χ4n) is 4.18. The van der Waals surface area contributed by atoms with Gasteiger partial charge < -0.3 is 4.74 Å². The second kappa shape index (κ2) is 8.59. The van der Waals surface area contributed by atoms with Crippen LogP contribution in [0.5, 0.6) is 5.75 Å². The van der Waals surface area contributed by atoms with Crippen LogP contribution < -0.4 is 14.6 Å². The van der Waals surface area contributed by atoms with Crippen LogP contribution in [0.2, 0.25) is 10.0 Å². The number of hydrogen-bond acceptors (Lipinski definition) is 6. The number of benzene rings is 3. The quantitative estimate of drug-likeness (QED) is 0.382. The van der Waals surface area contributed by atoms with Gasteiger partial charge >= 0.3 is 0 Å². The molecule has 1 fully saturated rings. The van der Waals surface area contributed by atoms with E-state index in [-0.39, 0.29) is 16.4 Å². The van der Waals surface area contributed by atoms with Crippen molar-refractivity contribution in [2.75, 3.05) is 17.0 Å². The second-order valence-corrected chi connectivity index (χ2v) is 8.60. The first-order valence-corrected chi connectivity index (χ1v) is 11.1. The third-order valence-corrected chi connectivity index (χ3v) is 6.36. The average molecular weight is 494 g/mol. The predicted octanol–water partition coefficient (Wildman–Crippen LogP) is 4.62. The minimum absolute atomic E-state index is 0.0157. The number of carbonyl (C=O) groups is 3. The van der Waals surface area contributed by atoms with E-state index in [1.54, 1.807) is 54.6 Å². The summed E-state index contributed by atoms with van der Waals surface area (Å²) >= 11 is 12.4. The van der Waals surface area contributed by atoms with E-state index in [1.165, 1.54) is 24.3 Å². The molecule has 2 amide bonds. The smallest absolute Gasteiger partial charge is 0.259 e. The summed E-state index contributed by atoms with van der Waals surface area (Å²) in [5, 5.41) is 6.41. The molecule has 0 N–H and O–H groups in total. The van der Waals surface area contributed by atoms with Gasteiger partial charge in [0.25, 0.3) is 5.91 Å². The molecule has 0 saturated carbocycles. The fraction of sp³-hybridized carbons (Fsp3) is 0.120. The maximum Gasteiger partial charge on any atom is 0.259 e. The number of fused-ring (bicyclic) bond motifs is 1. The van der Waals surface area contributed by atoms with Gasteiger partial charge in [0.05, 0.1) is 23.5 Å². The molecule has 2 aliphatic rings. The summed E-state index contributed by atoms with van der Waals surface area (Å²) in [7, 11) is 1.53. The first-order chi connectivity index (χ1) is 16.4. The molecule has 3 aromatic carbocycles. The number of carbonyl (C=O) groups excluding carboxylic acids is 3. The SMILES string of the molecule is COc1ccc(C(=O)C2=NN(c3ccccc3)C3C(=O)N(c4cc(Cl)ccc4Cl)C(=O)C23)cc1. The molecule has 2 atom stereocenters. The predicted molar refractivity (Wildman–Crippen MR) is 130 cm³/mol. The zero-order valence-electron chi connectivity index (χ0n) is 17.8. The standard InChI is InChI=1S/C25H17Cl2N3O4/c1-34-17-10-7-14(8-11-17)23(31)21-20-22(30(28-21)16-5-3-2-4-6-16)25(33)29(24(20)32)19-13-15(26)9-12-18(19)27/h2-13,20,22H,1H3. The molecular formula is C25H17Cl2N3O4. The lowest BCUT2D eigenvalue weighted by Crippen LogP contribution is -2.39. The molecule has 1 saturated heterocycles. The summed E-state index contributed by atoms with van der Waals surface area (Å²) < 4.78 is 5.16. The van der Waals surface area contributed by atoms with Crippen LogP contribution in [0.15, 0.2) is 77.9 Å². The van der Waals surface area contributed by atoms with Crippen LogP contribution in [0.4, 0.5) is 11.4 Å². The van der Waals surface area contributed by atoms with Gasteiger partial charge in [-0.3, -0.25) is 19.4 Å². The summed E-state index contributed by atoms with van der Waals surface area (Å²) in [5.41, 5.74) is 1.06. The molecule has 0 aliphatic carbocycles. The molecular weight excluding hydrogens is 477 g/mol. The Morgan fingerprint density at radius 3 is 2.32 bits per heavy atom. The molecule has 0 aromatic heterocycles. The maximum atomic E-state index is 13.6. The number of hydrogen-bond donors (Lipinski definition) is 0. The number of halogens is 2. The molecule has 0 radical (unpaired) electrons. The van der Waals surface area contributed by atoms with Crippen LogP contribution in [0.25, 0.3) is 0 Å². The van der Waals surface area contributed by atoms with Crippen molar-refractivity contribution in [3.8, 4) is 5.75 Å². The number of ketones is 1. The molecule has 0 spiro atoms. The van der Waals surface area contributed by atoms with E-state index in [0.29, 0.717) is 22.0 Å². The Morgan fingerprint density at radius 2 is 1.65 bits per heavy atom. The molecule has 2 unspecified atom stereocenters. The minimum atomic E-state index is -1.10. The lowest BCUT2D eigenvalue weighted by Gasteiger charge is -2.22. The summed E-state index contributed by atoms with van der Waals surface area (Å²) in [6, 6.07) is 18.9. The molecule has 2 heterocycles. The monoisotopic (exact) mass is 493 g/mol. The van der Waals surface area contributed by atoms with Gasteiger partial charge in [-0.1, -0.05) is 41.4 Å². The number of anilines is 2. The Bertz CT molecular complexity index is 1340. The van der Waals surface area contributed by atoms with Crippen molar-refractivity contribution in [3.05, 3.63) is 88.4 Å². The van der Waals surface area contributed by atoms with Gasteiger partial charge in [-0.25, -0.2) is 4.90 Å². The van der Waals surface area contributed by atoms with E-state index >= 15 is 0 Å². The first kappa shape index (κ1) is 22.1. The Hall–Kier alpha value is -3.68. The highest BCUT2D eigenvalue weighted by molar-refractivity contribution is 6.53. The van der Waals surface area contributed by atoms with E-state index in [2.05, 4.69) is 5.10 Å². The lowest BCUT2D eigenvalue weighted by atomic mass is 9.92. The second-order valence-electron chi connectivity index (χ2n) is 7.75. The average Bonchev–Trinajstić information content (AvgIpc) is 3.37. The van der Waals surface area contributed by atoms with Crippen molar-refractivity contribution in [3.63, 3.8) is 0 Å². The molecule has 0 bridgehead atoms. The highest BCUT2D eigenvalue weighted by Gasteiger charge is 2.58. The van der Waals surface area contributed by atoms with E-state index in [1.807, 2.05) is 6.07 Å². The highest BCUT2D eigenvalue weighted by Crippen LogP contribution is 2.41. The summed E-state index contributed by atoms with van der Waals surface area (Å²) in [4.78, 5) is 41.7. The van der Waals surface area contributed by atoms with Crippen LogP contribution in [0, 0.1) is 5.92 Å². The number of methoxy groups -OCH3 is 1. The molecule has 170 valence electrons. The number of imide groups is 1. The Kier molecular flexibility index (Phi) is 5.59. The summed E-state index contributed by atoms with van der Waals surface area (Å²) in [5.74, 6) is -2.08. The van der Waals surface area contributed by atoms with E-state index in [0.717, 1.165) is 4.90 Å². The van der Waals surface area contributed by atoms with Gasteiger partial charge in [0, 0.05) is 10.6 Å². The van der Waals surface area contributed by atoms with Crippen molar-refractivity contribution < 1.29 is 19.1 Å². The number of Topliss-reactive ketones (excluding diaryl/α,β-unsaturated/α-hetero) is 1. The van der Waals surface area contributed by atoms with Gasteiger partial charge in [-0.15, -0.1) is 0 Å². The third kappa shape index (κ3) is 3.54. The van der Waals surface area contributed by atoms with Gasteiger partial charge in [0.2, 0.25) is 11.7 Å². The largest absolute Gasteiger partial charge is 0.497 e. The fourth-order valence-corrected chi connectivity index (χ4v) is 4.55. The van der Waals surface area contributed by atoms with Crippen molar-refractivity contribution in [2.24, 2.45) is 11.0 Å². The van der Waals surface area contributed by atoms with Gasteiger partial charge in [-0.2, -0.15) is 5.10 Å². The number of ether oxygens (including phenoxy) is 1. The first-order valence-electron chi connectivity index (χ1n) is 10.3. The molecule has 7 nitrogen and oxygen atoms in total. The molecule has 5 rings (SSSR count). The van der Waals surface area contributed by atoms with Gasteiger partial charge in [0.1, 0.15) is 23.4 Å². The molecule has 2 aliphatic heterocycles. The number of para-hydroxylation sites is 1. The molecule has 34 heavy (non-hydrogen) atoms. The highest BCUT2D eigenvalue weighted by atomic mass is 35.5. The Morgan fingerprint density at radius 1 is 0.941 bits per heavy atom. The number of nitrogens with zero attached hydrogens (tertiary/aromatic N) is 3. The van der Waals surface area contributed by atoms with Crippen molar-refractivity contribution in [1.82, 2.24) is 0 Å². The third-order valence-electron chi connectivity index (χ3n) is 5.80.